The maximum atomic E-state index is 13.6. The van der Waals surface area contributed by atoms with Crippen LogP contribution < -0.4 is 14.7 Å². The van der Waals surface area contributed by atoms with Crippen LogP contribution in [0.1, 0.15) is 34.3 Å². The monoisotopic (exact) mass is 463 g/mol. The fraction of sp³-hybridized carbons (Fsp3) is 0.440. The molecular formula is C25H29N5O4. The van der Waals surface area contributed by atoms with Crippen molar-refractivity contribution in [3.8, 4) is 0 Å². The number of hydrogen-bond acceptors (Lipinski definition) is 6. The largest absolute Gasteiger partial charge is 0.447 e. The molecule has 3 amide bonds. The van der Waals surface area contributed by atoms with Gasteiger partial charge in [0.2, 0.25) is 5.91 Å². The molecule has 3 fully saturated rings. The first kappa shape index (κ1) is 22.2. The Kier molecular flexibility index (Phi) is 5.85. The molecule has 0 aliphatic carbocycles. The molecule has 0 bridgehead atoms. The molecule has 5 rings (SSSR count). The lowest BCUT2D eigenvalue weighted by Gasteiger charge is -2.36. The topological polar surface area (TPSA) is 86.3 Å². The van der Waals surface area contributed by atoms with Gasteiger partial charge < -0.3 is 19.4 Å². The summed E-state index contributed by atoms with van der Waals surface area (Å²) in [6.07, 6.45) is 2.68. The number of nitrogens with zero attached hydrogens (tertiary/aromatic N) is 5. The highest BCUT2D eigenvalue weighted by Gasteiger charge is 2.32. The summed E-state index contributed by atoms with van der Waals surface area (Å²) >= 11 is 0. The van der Waals surface area contributed by atoms with Gasteiger partial charge in [-0.2, -0.15) is 0 Å². The number of carbonyl (C=O) groups is 3. The minimum Gasteiger partial charge on any atom is -0.447 e. The third-order valence-electron chi connectivity index (χ3n) is 6.70. The predicted octanol–water partition coefficient (Wildman–Crippen LogP) is 2.74. The Bertz CT molecular complexity index is 1140. The fourth-order valence-corrected chi connectivity index (χ4v) is 4.95. The Balaban J connectivity index is 1.38. The van der Waals surface area contributed by atoms with Gasteiger partial charge in [-0.1, -0.05) is 6.07 Å². The normalized spacial score (nSPS) is 18.6. The molecule has 3 saturated heterocycles. The first-order valence-corrected chi connectivity index (χ1v) is 11.8. The summed E-state index contributed by atoms with van der Waals surface area (Å²) in [5.74, 6) is 0.863. The van der Waals surface area contributed by atoms with E-state index >= 15 is 0 Å². The van der Waals surface area contributed by atoms with Crippen molar-refractivity contribution in [3.63, 3.8) is 0 Å². The number of cyclic esters (lactones) is 1. The van der Waals surface area contributed by atoms with Crippen molar-refractivity contribution in [2.75, 3.05) is 60.6 Å². The molecule has 0 saturated carbocycles. The van der Waals surface area contributed by atoms with Crippen molar-refractivity contribution in [1.29, 1.82) is 0 Å². The van der Waals surface area contributed by atoms with E-state index in [1.807, 2.05) is 18.0 Å². The number of aryl methyl sites for hydroxylation is 2. The van der Waals surface area contributed by atoms with Crippen LogP contribution in [-0.4, -0.2) is 73.7 Å². The fourth-order valence-electron chi connectivity index (χ4n) is 4.95. The van der Waals surface area contributed by atoms with Crippen molar-refractivity contribution in [1.82, 2.24) is 9.88 Å². The Morgan fingerprint density at radius 1 is 0.971 bits per heavy atom. The summed E-state index contributed by atoms with van der Waals surface area (Å²) in [6, 6.07) is 7.40. The lowest BCUT2D eigenvalue weighted by Crippen LogP contribution is -2.49. The Labute approximate surface area is 198 Å². The first-order chi connectivity index (χ1) is 16.4. The number of aromatic nitrogens is 1. The number of amides is 3. The predicted molar refractivity (Wildman–Crippen MR) is 129 cm³/mol. The average molecular weight is 464 g/mol. The summed E-state index contributed by atoms with van der Waals surface area (Å²) < 4.78 is 5.06. The van der Waals surface area contributed by atoms with E-state index in [0.29, 0.717) is 69.2 Å². The molecule has 9 nitrogen and oxygen atoms in total. The Morgan fingerprint density at radius 2 is 1.76 bits per heavy atom. The number of anilines is 3. The van der Waals surface area contributed by atoms with Crippen LogP contribution in [0.2, 0.25) is 0 Å². The van der Waals surface area contributed by atoms with Gasteiger partial charge in [-0.3, -0.25) is 14.5 Å². The minimum atomic E-state index is -0.408. The molecule has 1 aromatic heterocycles. The number of hydrogen-bond donors (Lipinski definition) is 0. The van der Waals surface area contributed by atoms with Crippen molar-refractivity contribution in [3.05, 3.63) is 47.2 Å². The lowest BCUT2D eigenvalue weighted by molar-refractivity contribution is -0.117. The number of carbonyl (C=O) groups excluding carboxylic acids is 3. The van der Waals surface area contributed by atoms with Crippen LogP contribution in [0.25, 0.3) is 0 Å². The third kappa shape index (κ3) is 4.06. The molecule has 178 valence electrons. The van der Waals surface area contributed by atoms with Crippen LogP contribution in [0.4, 0.5) is 22.0 Å². The van der Waals surface area contributed by atoms with Crippen molar-refractivity contribution in [2.45, 2.75) is 26.7 Å². The molecule has 34 heavy (non-hydrogen) atoms. The van der Waals surface area contributed by atoms with Crippen LogP contribution in [0.15, 0.2) is 30.5 Å². The van der Waals surface area contributed by atoms with Crippen molar-refractivity contribution in [2.24, 2.45) is 0 Å². The second-order valence-electron chi connectivity index (χ2n) is 9.05. The molecule has 0 N–H and O–H groups in total. The van der Waals surface area contributed by atoms with Gasteiger partial charge in [0, 0.05) is 51.0 Å². The maximum Gasteiger partial charge on any atom is 0.414 e. The average Bonchev–Trinajstić information content (AvgIpc) is 3.46. The molecule has 0 radical (unpaired) electrons. The number of pyridine rings is 1. The van der Waals surface area contributed by atoms with E-state index in [2.05, 4.69) is 22.9 Å². The van der Waals surface area contributed by atoms with Crippen molar-refractivity contribution >= 4 is 35.1 Å². The second kappa shape index (κ2) is 8.96. The van der Waals surface area contributed by atoms with E-state index in [1.54, 1.807) is 23.1 Å². The summed E-state index contributed by atoms with van der Waals surface area (Å²) in [5.41, 5.74) is 3.96. The van der Waals surface area contributed by atoms with Gasteiger partial charge in [-0.05, 0) is 49.6 Å². The van der Waals surface area contributed by atoms with Gasteiger partial charge in [-0.25, -0.2) is 9.78 Å². The lowest BCUT2D eigenvalue weighted by atomic mass is 10.1. The van der Waals surface area contributed by atoms with Crippen LogP contribution in [0, 0.1) is 13.8 Å². The van der Waals surface area contributed by atoms with Crippen LogP contribution in [0.3, 0.4) is 0 Å². The Morgan fingerprint density at radius 3 is 2.41 bits per heavy atom. The smallest absolute Gasteiger partial charge is 0.414 e. The van der Waals surface area contributed by atoms with Gasteiger partial charge >= 0.3 is 6.09 Å². The second-order valence-corrected chi connectivity index (χ2v) is 9.05. The Hall–Kier alpha value is -3.62. The molecule has 3 aliphatic rings. The van der Waals surface area contributed by atoms with Crippen molar-refractivity contribution < 1.29 is 19.1 Å². The zero-order valence-corrected chi connectivity index (χ0v) is 19.6. The quantitative estimate of drug-likeness (QED) is 0.693. The summed E-state index contributed by atoms with van der Waals surface area (Å²) in [5, 5.41) is 0. The van der Waals surface area contributed by atoms with Gasteiger partial charge in [0.1, 0.15) is 12.4 Å². The SMILES string of the molecule is Cc1cnc(N2CCN(C(=O)c3ccc(N4CCOC4=O)cc3N3CCCC3=O)CC2)c(C)c1. The number of rotatable bonds is 4. The van der Waals surface area contributed by atoms with Crippen LogP contribution >= 0.6 is 0 Å². The molecule has 0 spiro atoms. The van der Waals surface area contributed by atoms with E-state index in [4.69, 9.17) is 4.74 Å². The molecule has 2 aromatic rings. The molecule has 9 heteroatoms. The van der Waals surface area contributed by atoms with E-state index in [-0.39, 0.29) is 11.8 Å². The first-order valence-electron chi connectivity index (χ1n) is 11.8. The highest BCUT2D eigenvalue weighted by molar-refractivity contribution is 6.07. The van der Waals surface area contributed by atoms with Gasteiger partial charge in [-0.15, -0.1) is 0 Å². The highest BCUT2D eigenvalue weighted by atomic mass is 16.6. The summed E-state index contributed by atoms with van der Waals surface area (Å²) in [7, 11) is 0. The third-order valence-corrected chi connectivity index (χ3v) is 6.70. The molecule has 1 aromatic carbocycles. The number of ether oxygens (including phenoxy) is 1. The molecular weight excluding hydrogens is 434 g/mol. The molecule has 0 unspecified atom stereocenters. The number of benzene rings is 1. The summed E-state index contributed by atoms with van der Waals surface area (Å²) in [6.45, 7) is 7.97. The van der Waals surface area contributed by atoms with Gasteiger partial charge in [0.15, 0.2) is 0 Å². The van der Waals surface area contributed by atoms with Crippen LogP contribution in [-0.2, 0) is 9.53 Å². The van der Waals surface area contributed by atoms with E-state index in [0.717, 1.165) is 23.4 Å². The maximum absolute atomic E-state index is 13.6. The zero-order chi connectivity index (χ0) is 23.8. The minimum absolute atomic E-state index is 0.000869. The van der Waals surface area contributed by atoms with E-state index in [9.17, 15) is 14.4 Å². The molecule has 4 heterocycles. The van der Waals surface area contributed by atoms with Gasteiger partial charge in [0.25, 0.3) is 5.91 Å². The van der Waals surface area contributed by atoms with Crippen LogP contribution in [0.5, 0.6) is 0 Å². The molecule has 0 atom stereocenters. The summed E-state index contributed by atoms with van der Waals surface area (Å²) in [4.78, 5) is 50.1. The van der Waals surface area contributed by atoms with Gasteiger partial charge in [0.05, 0.1) is 17.8 Å². The standard InChI is InChI=1S/C25H29N5O4/c1-17-14-18(2)23(26-16-17)27-8-10-28(11-9-27)24(32)20-6-5-19(29-12-13-34-25(29)33)15-21(20)30-7-3-4-22(30)31/h5-6,14-16H,3-4,7-13H2,1-2H3. The molecule has 3 aliphatic heterocycles. The highest BCUT2D eigenvalue weighted by Crippen LogP contribution is 2.32. The number of piperazine rings is 1. The van der Waals surface area contributed by atoms with E-state index in [1.165, 1.54) is 4.90 Å². The van der Waals surface area contributed by atoms with E-state index < -0.39 is 6.09 Å². The zero-order valence-electron chi connectivity index (χ0n) is 19.6.